The number of furan rings is 2. The van der Waals surface area contributed by atoms with Crippen LogP contribution in [-0.2, 0) is 4.79 Å². The van der Waals surface area contributed by atoms with Gasteiger partial charge in [-0.1, -0.05) is 0 Å². The number of rotatable bonds is 6. The maximum absolute atomic E-state index is 14.0. The highest BCUT2D eigenvalue weighted by Gasteiger charge is 2.47. The van der Waals surface area contributed by atoms with Crippen LogP contribution < -0.4 is 5.32 Å². The van der Waals surface area contributed by atoms with E-state index < -0.39 is 17.7 Å². The van der Waals surface area contributed by atoms with Crippen LogP contribution in [0.1, 0.15) is 25.7 Å². The SMILES string of the molecule is O=C(O)C1C2CCC(CC2)C1Nc1cc(-c2ccc(-c3ccco3)o2)nc(-c2[nH]nc3ncc(F)cc23)n1. The van der Waals surface area contributed by atoms with Gasteiger partial charge in [0.1, 0.15) is 23.0 Å². The Bertz CT molecular complexity index is 1640. The predicted molar refractivity (Wildman–Crippen MR) is 134 cm³/mol. The van der Waals surface area contributed by atoms with Gasteiger partial charge in [0.05, 0.1) is 23.8 Å². The van der Waals surface area contributed by atoms with Gasteiger partial charge in [-0.05, 0) is 67.9 Å². The number of nitrogens with zero attached hydrogens (tertiary/aromatic N) is 4. The predicted octanol–water partition coefficient (Wildman–Crippen LogP) is 5.38. The van der Waals surface area contributed by atoms with E-state index in [2.05, 4.69) is 20.5 Å². The lowest BCUT2D eigenvalue weighted by molar-refractivity contribution is -0.148. The summed E-state index contributed by atoms with van der Waals surface area (Å²) < 4.78 is 25.5. The number of aromatic amines is 1. The number of hydrogen-bond acceptors (Lipinski definition) is 8. The summed E-state index contributed by atoms with van der Waals surface area (Å²) in [5.74, 6) is 0.876. The summed E-state index contributed by atoms with van der Waals surface area (Å²) in [5.41, 5.74) is 1.20. The molecule has 10 nitrogen and oxygen atoms in total. The molecule has 3 saturated carbocycles. The van der Waals surface area contributed by atoms with Gasteiger partial charge in [-0.2, -0.15) is 5.10 Å². The van der Waals surface area contributed by atoms with Crippen molar-refractivity contribution >= 4 is 22.8 Å². The number of halogens is 1. The van der Waals surface area contributed by atoms with E-state index in [0.29, 0.717) is 45.5 Å². The normalized spacial score (nSPS) is 22.7. The summed E-state index contributed by atoms with van der Waals surface area (Å²) in [7, 11) is 0. The van der Waals surface area contributed by atoms with Crippen LogP contribution in [0.4, 0.5) is 10.2 Å². The van der Waals surface area contributed by atoms with Gasteiger partial charge in [0, 0.05) is 12.1 Å². The molecule has 0 spiro atoms. The molecule has 2 unspecified atom stereocenters. The molecule has 2 atom stereocenters. The second-order valence-corrected chi connectivity index (χ2v) is 9.94. The molecule has 5 aromatic heterocycles. The smallest absolute Gasteiger partial charge is 0.308 e. The van der Waals surface area contributed by atoms with Crippen molar-refractivity contribution in [2.75, 3.05) is 5.32 Å². The number of H-pyrrole nitrogens is 1. The molecule has 11 heteroatoms. The Hall–Kier alpha value is -4.54. The minimum atomic E-state index is -0.790. The van der Waals surface area contributed by atoms with Gasteiger partial charge >= 0.3 is 5.97 Å². The average molecular weight is 515 g/mol. The fraction of sp³-hybridized carbons (Fsp3) is 0.296. The van der Waals surface area contributed by atoms with Crippen LogP contribution in [0.2, 0.25) is 0 Å². The van der Waals surface area contributed by atoms with Gasteiger partial charge in [0.25, 0.3) is 0 Å². The Kier molecular flexibility index (Phi) is 5.24. The van der Waals surface area contributed by atoms with Gasteiger partial charge < -0.3 is 19.3 Å². The van der Waals surface area contributed by atoms with Crippen molar-refractivity contribution in [2.24, 2.45) is 17.8 Å². The third-order valence-corrected chi connectivity index (χ3v) is 7.77. The second-order valence-electron chi connectivity index (χ2n) is 9.94. The van der Waals surface area contributed by atoms with Crippen LogP contribution in [0, 0.1) is 23.6 Å². The van der Waals surface area contributed by atoms with Crippen molar-refractivity contribution in [1.29, 1.82) is 0 Å². The van der Waals surface area contributed by atoms with E-state index in [-0.39, 0.29) is 23.7 Å². The largest absolute Gasteiger partial charge is 0.481 e. The molecule has 3 aliphatic carbocycles. The van der Waals surface area contributed by atoms with Crippen LogP contribution in [0.3, 0.4) is 0 Å². The summed E-state index contributed by atoms with van der Waals surface area (Å²) >= 11 is 0. The number of aromatic nitrogens is 5. The van der Waals surface area contributed by atoms with Gasteiger partial charge in [-0.25, -0.2) is 19.3 Å². The first-order valence-corrected chi connectivity index (χ1v) is 12.6. The second kappa shape index (κ2) is 8.79. The number of carboxylic acid groups (broad SMARTS) is 1. The van der Waals surface area contributed by atoms with Crippen LogP contribution in [-0.4, -0.2) is 42.3 Å². The molecule has 5 heterocycles. The topological polar surface area (TPSA) is 143 Å². The fourth-order valence-electron chi connectivity index (χ4n) is 6.01. The van der Waals surface area contributed by atoms with E-state index in [0.717, 1.165) is 31.9 Å². The quantitative estimate of drug-likeness (QED) is 0.272. The molecule has 0 amide bonds. The van der Waals surface area contributed by atoms with Crippen molar-refractivity contribution in [3.8, 4) is 34.5 Å². The highest BCUT2D eigenvalue weighted by atomic mass is 19.1. The fourth-order valence-corrected chi connectivity index (χ4v) is 6.01. The van der Waals surface area contributed by atoms with Crippen molar-refractivity contribution in [1.82, 2.24) is 25.1 Å². The summed E-state index contributed by atoms with van der Waals surface area (Å²) in [5, 5.41) is 20.9. The zero-order valence-electron chi connectivity index (χ0n) is 20.1. The van der Waals surface area contributed by atoms with E-state index in [1.165, 1.54) is 6.07 Å². The summed E-state index contributed by atoms with van der Waals surface area (Å²) in [6.07, 6.45) is 6.49. The highest BCUT2D eigenvalue weighted by Crippen LogP contribution is 2.46. The van der Waals surface area contributed by atoms with Crippen LogP contribution in [0.15, 0.2) is 57.7 Å². The minimum Gasteiger partial charge on any atom is -0.481 e. The van der Waals surface area contributed by atoms with E-state index >= 15 is 0 Å². The zero-order valence-corrected chi connectivity index (χ0v) is 20.1. The number of aliphatic carboxylic acids is 1. The van der Waals surface area contributed by atoms with Crippen molar-refractivity contribution < 1.29 is 23.1 Å². The van der Waals surface area contributed by atoms with Crippen molar-refractivity contribution in [3.63, 3.8) is 0 Å². The number of nitrogens with one attached hydrogen (secondary N) is 2. The maximum Gasteiger partial charge on any atom is 0.308 e. The molecule has 5 aromatic rings. The van der Waals surface area contributed by atoms with Gasteiger partial charge in [-0.15, -0.1) is 0 Å². The molecule has 38 heavy (non-hydrogen) atoms. The molecule has 2 bridgehead atoms. The Morgan fingerprint density at radius 1 is 1.05 bits per heavy atom. The number of carboxylic acids is 1. The first-order chi connectivity index (χ1) is 18.5. The number of fused-ring (bicyclic) bond motifs is 4. The third kappa shape index (κ3) is 3.82. The lowest BCUT2D eigenvalue weighted by Crippen LogP contribution is -2.51. The minimum absolute atomic E-state index is 0.141. The molecule has 0 aliphatic heterocycles. The Morgan fingerprint density at radius 2 is 1.87 bits per heavy atom. The van der Waals surface area contributed by atoms with Gasteiger partial charge in [0.2, 0.25) is 0 Å². The molecule has 8 rings (SSSR count). The molecule has 3 N–H and O–H groups in total. The van der Waals surface area contributed by atoms with E-state index in [4.69, 9.17) is 18.8 Å². The standard InChI is InChI=1S/C27H23FN6O4/c28-15-10-16-24(33-34-25(16)29-12-15)26-30-17(18-7-8-20(38-18)19-2-1-9-37-19)11-21(32-26)31-23-14-5-3-13(4-6-14)22(23)27(35)36/h1-2,7-14,22-23H,3-6H2,(H,35,36)(H,29,33,34)(H,30,31,32). The lowest BCUT2D eigenvalue weighted by Gasteiger charge is -2.47. The number of hydrogen-bond donors (Lipinski definition) is 3. The summed E-state index contributed by atoms with van der Waals surface area (Å²) in [4.78, 5) is 25.7. The Morgan fingerprint density at radius 3 is 2.66 bits per heavy atom. The molecule has 0 saturated heterocycles. The Balaban J connectivity index is 1.33. The lowest BCUT2D eigenvalue weighted by atomic mass is 9.61. The molecular formula is C27H23FN6O4. The van der Waals surface area contributed by atoms with Crippen molar-refractivity contribution in [2.45, 2.75) is 31.7 Å². The number of anilines is 1. The zero-order chi connectivity index (χ0) is 25.8. The van der Waals surface area contributed by atoms with E-state index in [9.17, 15) is 14.3 Å². The Labute approximate surface area is 215 Å². The molecule has 192 valence electrons. The first kappa shape index (κ1) is 22.6. The van der Waals surface area contributed by atoms with E-state index in [1.54, 1.807) is 36.6 Å². The highest BCUT2D eigenvalue weighted by molar-refractivity contribution is 5.89. The van der Waals surface area contributed by atoms with Gasteiger partial charge in [-0.3, -0.25) is 9.89 Å². The summed E-state index contributed by atoms with van der Waals surface area (Å²) in [6, 6.07) is 9.94. The van der Waals surface area contributed by atoms with E-state index in [1.807, 2.05) is 0 Å². The maximum atomic E-state index is 14.0. The van der Waals surface area contributed by atoms with Crippen LogP contribution >= 0.6 is 0 Å². The molecule has 3 fully saturated rings. The number of pyridine rings is 1. The van der Waals surface area contributed by atoms with Crippen molar-refractivity contribution in [3.05, 3.63) is 54.7 Å². The van der Waals surface area contributed by atoms with Gasteiger partial charge in [0.15, 0.2) is 28.8 Å². The molecule has 0 radical (unpaired) electrons. The third-order valence-electron chi connectivity index (χ3n) is 7.77. The molecule has 3 aliphatic rings. The average Bonchev–Trinajstić information content (AvgIpc) is 3.69. The first-order valence-electron chi connectivity index (χ1n) is 12.6. The van der Waals surface area contributed by atoms with Crippen LogP contribution in [0.5, 0.6) is 0 Å². The summed E-state index contributed by atoms with van der Waals surface area (Å²) in [6.45, 7) is 0. The molecule has 0 aromatic carbocycles. The molecular weight excluding hydrogens is 491 g/mol. The monoisotopic (exact) mass is 514 g/mol. The van der Waals surface area contributed by atoms with Crippen LogP contribution in [0.25, 0.3) is 45.5 Å². The number of carbonyl (C=O) groups is 1.